The molecule has 1 aliphatic heterocycles. The second-order valence-corrected chi connectivity index (χ2v) is 7.33. The number of thioether (sulfide) groups is 1. The van der Waals surface area contributed by atoms with Gasteiger partial charge >= 0.3 is 0 Å². The van der Waals surface area contributed by atoms with Crippen LogP contribution in [0.4, 0.5) is 11.5 Å². The first-order valence-corrected chi connectivity index (χ1v) is 9.02. The van der Waals surface area contributed by atoms with E-state index in [1.165, 1.54) is 0 Å². The number of benzene rings is 2. The van der Waals surface area contributed by atoms with E-state index in [1.54, 1.807) is 23.9 Å². The average Bonchev–Trinajstić information content (AvgIpc) is 2.63. The van der Waals surface area contributed by atoms with Gasteiger partial charge in [0.15, 0.2) is 0 Å². The lowest BCUT2D eigenvalue weighted by molar-refractivity contribution is 0.441. The number of nitrogens with two attached hydrogens (primary N) is 2. The summed E-state index contributed by atoms with van der Waals surface area (Å²) >= 11 is 7.80. The molecule has 0 saturated heterocycles. The van der Waals surface area contributed by atoms with E-state index in [2.05, 4.69) is 4.98 Å². The molecule has 0 spiro atoms. The van der Waals surface area contributed by atoms with Crippen molar-refractivity contribution in [3.8, 4) is 17.7 Å². The van der Waals surface area contributed by atoms with Crippen molar-refractivity contribution in [3.05, 3.63) is 70.2 Å². The van der Waals surface area contributed by atoms with Gasteiger partial charge in [-0.05, 0) is 30.3 Å². The third-order valence-electron chi connectivity index (χ3n) is 4.10. The van der Waals surface area contributed by atoms with Crippen molar-refractivity contribution in [3.63, 3.8) is 0 Å². The van der Waals surface area contributed by atoms with Crippen LogP contribution in [0.1, 0.15) is 21.9 Å². The summed E-state index contributed by atoms with van der Waals surface area (Å²) in [6.07, 6.45) is 0. The van der Waals surface area contributed by atoms with Crippen molar-refractivity contribution in [2.75, 3.05) is 11.5 Å². The summed E-state index contributed by atoms with van der Waals surface area (Å²) in [7, 11) is 0. The molecule has 1 aromatic heterocycles. The quantitative estimate of drug-likeness (QED) is 0.665. The summed E-state index contributed by atoms with van der Waals surface area (Å²) in [4.78, 5) is 5.31. The second-order valence-electron chi connectivity index (χ2n) is 5.71. The van der Waals surface area contributed by atoms with E-state index in [9.17, 15) is 5.26 Å². The molecule has 1 aliphatic rings. The Hall–Kier alpha value is -2.88. The predicted octanol–water partition coefficient (Wildman–Crippen LogP) is 4.76. The predicted molar refractivity (Wildman–Crippen MR) is 103 cm³/mol. The topological polar surface area (TPSA) is 98.0 Å². The van der Waals surface area contributed by atoms with Crippen molar-refractivity contribution in [1.29, 1.82) is 5.26 Å². The van der Waals surface area contributed by atoms with Gasteiger partial charge in [0.25, 0.3) is 0 Å². The minimum Gasteiger partial charge on any atom is -0.438 e. The molecule has 1 atom stereocenters. The van der Waals surface area contributed by atoms with Crippen LogP contribution in [0.2, 0.25) is 5.02 Å². The molecule has 26 heavy (non-hydrogen) atoms. The van der Waals surface area contributed by atoms with Gasteiger partial charge in [-0.3, -0.25) is 0 Å². The second kappa shape index (κ2) is 6.45. The molecular formula is C19H13ClN4OS. The smallest absolute Gasteiger partial charge is 0.228 e. The summed E-state index contributed by atoms with van der Waals surface area (Å²) in [6, 6.07) is 17.3. The van der Waals surface area contributed by atoms with E-state index in [1.807, 2.05) is 42.5 Å². The molecule has 0 radical (unpaired) electrons. The standard InChI is InChI=1S/C19H13ClN4OS/c20-10-6-7-14-12(8-10)17(26-11-4-2-1-3-5-11)15-16(22)13(9-21)18(23)24-19(15)25-14/h1-8,17H,(H4,22,23,24). The Balaban J connectivity index is 1.94. The molecule has 4 N–H and O–H groups in total. The number of pyridine rings is 1. The fraction of sp³-hybridized carbons (Fsp3) is 0.0526. The molecule has 3 aromatic rings. The number of anilines is 2. The lowest BCUT2D eigenvalue weighted by atomic mass is 9.98. The zero-order valence-electron chi connectivity index (χ0n) is 13.4. The van der Waals surface area contributed by atoms with Gasteiger partial charge in [0.05, 0.1) is 16.5 Å². The summed E-state index contributed by atoms with van der Waals surface area (Å²) in [5.74, 6) is 1.03. The van der Waals surface area contributed by atoms with Gasteiger partial charge in [0.2, 0.25) is 5.88 Å². The van der Waals surface area contributed by atoms with Crippen LogP contribution in [-0.4, -0.2) is 4.98 Å². The van der Waals surface area contributed by atoms with E-state index >= 15 is 0 Å². The van der Waals surface area contributed by atoms with Crippen molar-refractivity contribution < 1.29 is 4.74 Å². The van der Waals surface area contributed by atoms with Crippen molar-refractivity contribution in [2.45, 2.75) is 10.1 Å². The Bertz CT molecular complexity index is 1050. The summed E-state index contributed by atoms with van der Waals surface area (Å²) in [6.45, 7) is 0. The first kappa shape index (κ1) is 16.6. The molecule has 0 fully saturated rings. The van der Waals surface area contributed by atoms with Crippen LogP contribution in [-0.2, 0) is 0 Å². The molecule has 5 nitrogen and oxygen atoms in total. The Labute approximate surface area is 159 Å². The number of nitriles is 1. The molecule has 0 saturated carbocycles. The highest BCUT2D eigenvalue weighted by molar-refractivity contribution is 7.99. The maximum atomic E-state index is 9.40. The van der Waals surface area contributed by atoms with E-state index in [0.717, 1.165) is 10.5 Å². The Morgan fingerprint density at radius 2 is 1.92 bits per heavy atom. The molecule has 1 unspecified atom stereocenters. The monoisotopic (exact) mass is 380 g/mol. The van der Waals surface area contributed by atoms with Crippen molar-refractivity contribution in [1.82, 2.24) is 4.98 Å². The fourth-order valence-electron chi connectivity index (χ4n) is 2.90. The lowest BCUT2D eigenvalue weighted by Gasteiger charge is -2.29. The van der Waals surface area contributed by atoms with E-state index in [-0.39, 0.29) is 22.3 Å². The molecule has 0 amide bonds. The van der Waals surface area contributed by atoms with Crippen molar-refractivity contribution >= 4 is 34.9 Å². The number of hydrogen-bond acceptors (Lipinski definition) is 6. The molecule has 2 aromatic carbocycles. The largest absolute Gasteiger partial charge is 0.438 e. The molecule has 4 rings (SSSR count). The number of nitrogens with zero attached hydrogens (tertiary/aromatic N) is 2. The number of nitrogen functional groups attached to an aromatic ring is 2. The third kappa shape index (κ3) is 2.71. The zero-order chi connectivity index (χ0) is 18.3. The van der Waals surface area contributed by atoms with Crippen molar-refractivity contribution in [2.24, 2.45) is 0 Å². The van der Waals surface area contributed by atoms with Gasteiger partial charge in [-0.2, -0.15) is 10.2 Å². The lowest BCUT2D eigenvalue weighted by Crippen LogP contribution is -2.14. The third-order valence-corrected chi connectivity index (χ3v) is 5.60. The van der Waals surface area contributed by atoms with E-state index in [0.29, 0.717) is 22.2 Å². The van der Waals surface area contributed by atoms with Gasteiger partial charge in [-0.1, -0.05) is 29.8 Å². The molecule has 0 bridgehead atoms. The highest BCUT2D eigenvalue weighted by Crippen LogP contribution is 2.54. The van der Waals surface area contributed by atoms with Gasteiger partial charge < -0.3 is 16.2 Å². The molecule has 2 heterocycles. The summed E-state index contributed by atoms with van der Waals surface area (Å²) in [5, 5.41) is 9.77. The normalized spacial score (nSPS) is 14.7. The van der Waals surface area contributed by atoms with Crippen LogP contribution in [0.5, 0.6) is 11.6 Å². The molecule has 128 valence electrons. The Morgan fingerprint density at radius 1 is 1.15 bits per heavy atom. The first-order chi connectivity index (χ1) is 12.6. The molecule has 7 heteroatoms. The van der Waals surface area contributed by atoms with Crippen LogP contribution < -0.4 is 16.2 Å². The summed E-state index contributed by atoms with van der Waals surface area (Å²) < 4.78 is 5.91. The number of fused-ring (bicyclic) bond motifs is 2. The van der Waals surface area contributed by atoms with Crippen LogP contribution >= 0.6 is 23.4 Å². The zero-order valence-corrected chi connectivity index (χ0v) is 15.0. The Kier molecular flexibility index (Phi) is 4.11. The fourth-order valence-corrected chi connectivity index (χ4v) is 4.32. The maximum Gasteiger partial charge on any atom is 0.228 e. The number of rotatable bonds is 2. The van der Waals surface area contributed by atoms with Gasteiger partial charge in [-0.25, -0.2) is 0 Å². The minimum atomic E-state index is -0.227. The Morgan fingerprint density at radius 3 is 2.65 bits per heavy atom. The molecule has 0 aliphatic carbocycles. The van der Waals surface area contributed by atoms with Gasteiger partial charge in [0.1, 0.15) is 23.2 Å². The minimum absolute atomic E-state index is 0.0598. The van der Waals surface area contributed by atoms with Crippen LogP contribution in [0.15, 0.2) is 53.4 Å². The number of hydrogen-bond donors (Lipinski definition) is 2. The average molecular weight is 381 g/mol. The SMILES string of the molecule is N#Cc1c(N)nc2c(c1N)C(Sc1ccccc1)c1cc(Cl)ccc1O2. The highest BCUT2D eigenvalue weighted by Gasteiger charge is 2.33. The summed E-state index contributed by atoms with van der Waals surface area (Å²) in [5.41, 5.74) is 14.1. The van der Waals surface area contributed by atoms with Gasteiger partial charge in [-0.15, -0.1) is 11.8 Å². The van der Waals surface area contributed by atoms with Crippen LogP contribution in [0.3, 0.4) is 0 Å². The van der Waals surface area contributed by atoms with E-state index < -0.39 is 0 Å². The van der Waals surface area contributed by atoms with E-state index in [4.69, 9.17) is 27.8 Å². The van der Waals surface area contributed by atoms with Crippen LogP contribution in [0.25, 0.3) is 0 Å². The number of halogens is 1. The first-order valence-electron chi connectivity index (χ1n) is 7.76. The van der Waals surface area contributed by atoms with Crippen LogP contribution in [0, 0.1) is 11.3 Å². The maximum absolute atomic E-state index is 9.40. The molecular weight excluding hydrogens is 368 g/mol. The number of ether oxygens (including phenoxy) is 1. The van der Waals surface area contributed by atoms with Gasteiger partial charge in [0, 0.05) is 15.5 Å². The highest BCUT2D eigenvalue weighted by atomic mass is 35.5. The number of aromatic nitrogens is 1.